The van der Waals surface area contributed by atoms with Crippen LogP contribution < -0.4 is 24.8 Å². The molecule has 2 N–H and O–H groups in total. The number of benzene rings is 2. The molecule has 0 aliphatic heterocycles. The first-order valence-electron chi connectivity index (χ1n) is 9.03. The summed E-state index contributed by atoms with van der Waals surface area (Å²) >= 11 is 0. The molecule has 0 radical (unpaired) electrons. The summed E-state index contributed by atoms with van der Waals surface area (Å²) in [7, 11) is 5.07. The molecule has 27 heavy (non-hydrogen) atoms. The van der Waals surface area contributed by atoms with Crippen molar-refractivity contribution in [3.63, 3.8) is 0 Å². The van der Waals surface area contributed by atoms with Gasteiger partial charge in [-0.05, 0) is 44.0 Å². The van der Waals surface area contributed by atoms with Gasteiger partial charge in [-0.15, -0.1) is 0 Å². The number of hydrogen-bond donors (Lipinski definition) is 2. The van der Waals surface area contributed by atoms with Crippen LogP contribution in [0.4, 0.5) is 5.69 Å². The van der Waals surface area contributed by atoms with E-state index in [4.69, 9.17) is 14.2 Å². The van der Waals surface area contributed by atoms with Gasteiger partial charge >= 0.3 is 0 Å². The number of anilines is 1. The van der Waals surface area contributed by atoms with E-state index in [1.165, 1.54) is 11.1 Å². The van der Waals surface area contributed by atoms with E-state index >= 15 is 0 Å². The number of aliphatic imine (C=N–C) groups is 1. The van der Waals surface area contributed by atoms with Crippen molar-refractivity contribution >= 4 is 11.6 Å². The highest BCUT2D eigenvalue weighted by atomic mass is 16.5. The van der Waals surface area contributed by atoms with Crippen molar-refractivity contribution in [3.05, 3.63) is 47.5 Å². The molecule has 2 aromatic carbocycles. The number of nitrogens with one attached hydrogen (secondary N) is 2. The maximum absolute atomic E-state index is 5.55. The summed E-state index contributed by atoms with van der Waals surface area (Å²) in [6, 6.07) is 11.9. The number of nitrogens with zero attached hydrogens (tertiary/aromatic N) is 1. The van der Waals surface area contributed by atoms with Crippen LogP contribution in [0.5, 0.6) is 17.2 Å². The number of methoxy groups -OCH3 is 2. The Morgan fingerprint density at radius 1 is 1.00 bits per heavy atom. The van der Waals surface area contributed by atoms with Crippen LogP contribution in [-0.4, -0.2) is 40.4 Å². The Morgan fingerprint density at radius 3 is 2.41 bits per heavy atom. The molecule has 0 saturated heterocycles. The predicted octanol–water partition coefficient (Wildman–Crippen LogP) is 3.64. The zero-order chi connectivity index (χ0) is 19.6. The quantitative estimate of drug-likeness (QED) is 0.548. The third-order valence-corrected chi connectivity index (χ3v) is 4.07. The Hall–Kier alpha value is -2.89. The molecule has 0 aromatic heterocycles. The molecule has 0 bridgehead atoms. The summed E-state index contributed by atoms with van der Waals surface area (Å²) in [4.78, 5) is 4.28. The number of hydrogen-bond acceptors (Lipinski definition) is 4. The Morgan fingerprint density at radius 2 is 1.74 bits per heavy atom. The van der Waals surface area contributed by atoms with E-state index < -0.39 is 0 Å². The van der Waals surface area contributed by atoms with Crippen LogP contribution in [0.3, 0.4) is 0 Å². The molecule has 0 atom stereocenters. The van der Waals surface area contributed by atoms with Gasteiger partial charge in [0.2, 0.25) is 0 Å². The van der Waals surface area contributed by atoms with Crippen molar-refractivity contribution in [3.8, 4) is 17.2 Å². The minimum Gasteiger partial charge on any atom is -0.496 e. The van der Waals surface area contributed by atoms with Gasteiger partial charge in [0.15, 0.2) is 17.5 Å². The molecule has 0 saturated carbocycles. The molecule has 0 aliphatic rings. The molecule has 6 heteroatoms. The summed E-state index contributed by atoms with van der Waals surface area (Å²) < 4.78 is 16.4. The monoisotopic (exact) mass is 371 g/mol. The van der Waals surface area contributed by atoms with E-state index in [0.29, 0.717) is 18.3 Å². The largest absolute Gasteiger partial charge is 0.496 e. The van der Waals surface area contributed by atoms with E-state index in [9.17, 15) is 0 Å². The third kappa shape index (κ3) is 5.81. The van der Waals surface area contributed by atoms with Crippen molar-refractivity contribution < 1.29 is 14.2 Å². The summed E-state index contributed by atoms with van der Waals surface area (Å²) in [6.45, 7) is 5.35. The standard InChI is InChI=1S/C21H29N3O3/c1-6-27-19-10-8-17(14-20(19)26-5)24-21(22-3)23-12-11-16-13-15(2)7-9-18(16)25-4/h7-10,13-14H,6,11-12H2,1-5H3,(H2,22,23,24). The van der Waals surface area contributed by atoms with E-state index in [2.05, 4.69) is 34.7 Å². The topological polar surface area (TPSA) is 64.1 Å². The highest BCUT2D eigenvalue weighted by molar-refractivity contribution is 5.93. The fourth-order valence-corrected chi connectivity index (χ4v) is 2.75. The van der Waals surface area contributed by atoms with Crippen LogP contribution in [-0.2, 0) is 6.42 Å². The molecule has 0 heterocycles. The van der Waals surface area contributed by atoms with Gasteiger partial charge < -0.3 is 24.8 Å². The fourth-order valence-electron chi connectivity index (χ4n) is 2.75. The average Bonchev–Trinajstić information content (AvgIpc) is 2.68. The molecular formula is C21H29N3O3. The molecule has 0 aliphatic carbocycles. The Kier molecular flexibility index (Phi) is 7.79. The minimum absolute atomic E-state index is 0.592. The fraction of sp³-hybridized carbons (Fsp3) is 0.381. The first-order chi connectivity index (χ1) is 13.1. The smallest absolute Gasteiger partial charge is 0.195 e. The highest BCUT2D eigenvalue weighted by Gasteiger charge is 2.08. The Balaban J connectivity index is 1.97. The van der Waals surface area contributed by atoms with Gasteiger partial charge in [-0.2, -0.15) is 0 Å². The SMILES string of the molecule is CCOc1ccc(NC(=NC)NCCc2cc(C)ccc2OC)cc1OC. The predicted molar refractivity (Wildman–Crippen MR) is 111 cm³/mol. The van der Waals surface area contributed by atoms with Crippen molar-refractivity contribution in [2.24, 2.45) is 4.99 Å². The maximum Gasteiger partial charge on any atom is 0.195 e. The second kappa shape index (κ2) is 10.3. The van der Waals surface area contributed by atoms with Crippen molar-refractivity contribution in [1.82, 2.24) is 5.32 Å². The second-order valence-electron chi connectivity index (χ2n) is 5.99. The van der Waals surface area contributed by atoms with Gasteiger partial charge in [0, 0.05) is 25.3 Å². The van der Waals surface area contributed by atoms with Gasteiger partial charge in [0.25, 0.3) is 0 Å². The van der Waals surface area contributed by atoms with Gasteiger partial charge in [-0.3, -0.25) is 4.99 Å². The van der Waals surface area contributed by atoms with Crippen LogP contribution in [0.1, 0.15) is 18.1 Å². The molecule has 2 rings (SSSR count). The number of aryl methyl sites for hydroxylation is 1. The molecule has 0 unspecified atom stereocenters. The van der Waals surface area contributed by atoms with Crippen molar-refractivity contribution in [1.29, 1.82) is 0 Å². The van der Waals surface area contributed by atoms with E-state index in [1.54, 1.807) is 21.3 Å². The molecule has 0 spiro atoms. The number of ether oxygens (including phenoxy) is 3. The van der Waals surface area contributed by atoms with Crippen LogP contribution in [0.2, 0.25) is 0 Å². The van der Waals surface area contributed by atoms with Crippen LogP contribution in [0, 0.1) is 6.92 Å². The normalized spacial score (nSPS) is 11.1. The first-order valence-corrected chi connectivity index (χ1v) is 9.03. The van der Waals surface area contributed by atoms with Gasteiger partial charge in [-0.1, -0.05) is 17.7 Å². The third-order valence-electron chi connectivity index (χ3n) is 4.07. The average molecular weight is 371 g/mol. The van der Waals surface area contributed by atoms with Gasteiger partial charge in [0.05, 0.1) is 20.8 Å². The first kappa shape index (κ1) is 20.4. The van der Waals surface area contributed by atoms with Crippen LogP contribution in [0.15, 0.2) is 41.4 Å². The molecule has 146 valence electrons. The lowest BCUT2D eigenvalue weighted by Gasteiger charge is -2.15. The summed E-state index contributed by atoms with van der Waals surface area (Å²) in [5.41, 5.74) is 3.26. The number of rotatable bonds is 8. The lowest BCUT2D eigenvalue weighted by Crippen LogP contribution is -2.32. The molecule has 2 aromatic rings. The molecule has 6 nitrogen and oxygen atoms in total. The minimum atomic E-state index is 0.592. The zero-order valence-electron chi connectivity index (χ0n) is 16.8. The molecular weight excluding hydrogens is 342 g/mol. The lowest BCUT2D eigenvalue weighted by molar-refractivity contribution is 0.311. The summed E-state index contributed by atoms with van der Waals surface area (Å²) in [5.74, 6) is 3.00. The van der Waals surface area contributed by atoms with Crippen LogP contribution in [0.25, 0.3) is 0 Å². The van der Waals surface area contributed by atoms with E-state index in [0.717, 1.165) is 30.2 Å². The molecule has 0 amide bonds. The Labute approximate surface area is 161 Å². The van der Waals surface area contributed by atoms with Crippen molar-refractivity contribution in [2.75, 3.05) is 39.7 Å². The Bertz CT molecular complexity index is 775. The van der Waals surface area contributed by atoms with Gasteiger partial charge in [-0.25, -0.2) is 0 Å². The summed E-state index contributed by atoms with van der Waals surface area (Å²) in [5, 5.41) is 6.60. The van der Waals surface area contributed by atoms with Gasteiger partial charge in [0.1, 0.15) is 5.75 Å². The number of guanidine groups is 1. The van der Waals surface area contributed by atoms with E-state index in [1.807, 2.05) is 31.2 Å². The summed E-state index contributed by atoms with van der Waals surface area (Å²) in [6.07, 6.45) is 0.832. The van der Waals surface area contributed by atoms with Crippen LogP contribution >= 0.6 is 0 Å². The zero-order valence-corrected chi connectivity index (χ0v) is 16.8. The molecule has 0 fully saturated rings. The van der Waals surface area contributed by atoms with E-state index in [-0.39, 0.29) is 0 Å². The lowest BCUT2D eigenvalue weighted by atomic mass is 10.1. The second-order valence-corrected chi connectivity index (χ2v) is 5.99. The highest BCUT2D eigenvalue weighted by Crippen LogP contribution is 2.30. The maximum atomic E-state index is 5.55. The van der Waals surface area contributed by atoms with Crippen molar-refractivity contribution in [2.45, 2.75) is 20.3 Å².